The largest absolute Gasteiger partial charge is 0.402 e. The van der Waals surface area contributed by atoms with Crippen molar-refractivity contribution in [1.82, 2.24) is 30.1 Å². The van der Waals surface area contributed by atoms with Crippen molar-refractivity contribution in [3.8, 4) is 23.0 Å². The SMILES string of the molecule is CC(=O)Cn1cc(-c2nc(-c3cc([N+](=O)[O-])[nH]n3)no2)c([N+](=O)[O-])n1. The van der Waals surface area contributed by atoms with E-state index in [1.54, 1.807) is 0 Å². The van der Waals surface area contributed by atoms with Crippen molar-refractivity contribution in [3.05, 3.63) is 32.5 Å². The molecule has 0 radical (unpaired) electrons. The van der Waals surface area contributed by atoms with E-state index in [4.69, 9.17) is 4.52 Å². The number of hydrogen-bond donors (Lipinski definition) is 1. The number of carbonyl (C=O) groups is 1. The number of H-pyrrole nitrogens is 1. The second-order valence-corrected chi connectivity index (χ2v) is 4.84. The molecule has 14 heteroatoms. The minimum absolute atomic E-state index is 0.0282. The van der Waals surface area contributed by atoms with Crippen LogP contribution in [0.25, 0.3) is 23.0 Å². The number of hydrogen-bond acceptors (Lipinski definition) is 10. The Balaban J connectivity index is 1.98. The highest BCUT2D eigenvalue weighted by atomic mass is 16.6. The Morgan fingerprint density at radius 3 is 2.72 bits per heavy atom. The molecule has 0 aliphatic heterocycles. The van der Waals surface area contributed by atoms with E-state index in [0.29, 0.717) is 0 Å². The number of Topliss-reactive ketones (excluding diaryl/α,β-unsaturated/α-hetero) is 1. The van der Waals surface area contributed by atoms with Gasteiger partial charge in [-0.05, 0) is 16.8 Å². The molecule has 0 saturated carbocycles. The monoisotopic (exact) mass is 348 g/mol. The minimum atomic E-state index is -0.755. The second-order valence-electron chi connectivity index (χ2n) is 4.84. The fourth-order valence-electron chi connectivity index (χ4n) is 1.96. The zero-order chi connectivity index (χ0) is 18.1. The Labute approximate surface area is 136 Å². The summed E-state index contributed by atoms with van der Waals surface area (Å²) in [5, 5.41) is 34.9. The van der Waals surface area contributed by atoms with E-state index in [-0.39, 0.29) is 41.1 Å². The molecule has 3 rings (SSSR count). The predicted molar refractivity (Wildman–Crippen MR) is 77.1 cm³/mol. The average Bonchev–Trinajstić information content (AvgIpc) is 3.24. The van der Waals surface area contributed by atoms with Crippen LogP contribution in [-0.4, -0.2) is 45.7 Å². The molecular formula is C11H8N8O6. The molecule has 1 N–H and O–H groups in total. The van der Waals surface area contributed by atoms with Crippen LogP contribution in [0, 0.1) is 20.2 Å². The molecule has 0 bridgehead atoms. The summed E-state index contributed by atoms with van der Waals surface area (Å²) < 4.78 is 6.04. The van der Waals surface area contributed by atoms with Crippen LogP contribution < -0.4 is 0 Å². The van der Waals surface area contributed by atoms with Crippen LogP contribution in [0.2, 0.25) is 0 Å². The van der Waals surface area contributed by atoms with E-state index in [9.17, 15) is 25.0 Å². The first-order chi connectivity index (χ1) is 11.8. The van der Waals surface area contributed by atoms with Crippen LogP contribution in [0.1, 0.15) is 6.92 Å². The lowest BCUT2D eigenvalue weighted by molar-refractivity contribution is -0.389. The number of aromatic amines is 1. The van der Waals surface area contributed by atoms with Crippen molar-refractivity contribution >= 4 is 17.4 Å². The maximum atomic E-state index is 11.1. The quantitative estimate of drug-likeness (QED) is 0.490. The Kier molecular flexibility index (Phi) is 3.76. The van der Waals surface area contributed by atoms with Gasteiger partial charge in [0.25, 0.3) is 5.89 Å². The van der Waals surface area contributed by atoms with Crippen LogP contribution in [0.3, 0.4) is 0 Å². The molecule has 0 unspecified atom stereocenters. The topological polar surface area (TPSA) is 189 Å². The van der Waals surface area contributed by atoms with Crippen LogP contribution >= 0.6 is 0 Å². The zero-order valence-electron chi connectivity index (χ0n) is 12.4. The molecule has 14 nitrogen and oxygen atoms in total. The normalized spacial score (nSPS) is 10.8. The van der Waals surface area contributed by atoms with Gasteiger partial charge in [-0.1, -0.05) is 10.3 Å². The van der Waals surface area contributed by atoms with Crippen molar-refractivity contribution in [1.29, 1.82) is 0 Å². The van der Waals surface area contributed by atoms with Gasteiger partial charge in [0.15, 0.2) is 17.0 Å². The van der Waals surface area contributed by atoms with E-state index in [1.165, 1.54) is 13.1 Å². The van der Waals surface area contributed by atoms with Crippen molar-refractivity contribution in [2.45, 2.75) is 13.5 Å². The summed E-state index contributed by atoms with van der Waals surface area (Å²) >= 11 is 0. The summed E-state index contributed by atoms with van der Waals surface area (Å²) in [6, 6.07) is 1.09. The Morgan fingerprint density at radius 2 is 2.12 bits per heavy atom. The van der Waals surface area contributed by atoms with E-state index in [2.05, 4.69) is 25.4 Å². The number of nitrogens with one attached hydrogen (secondary N) is 1. The lowest BCUT2D eigenvalue weighted by atomic mass is 10.3. The zero-order valence-corrected chi connectivity index (χ0v) is 12.4. The average molecular weight is 348 g/mol. The maximum Gasteiger partial charge on any atom is 0.402 e. The van der Waals surface area contributed by atoms with Crippen molar-refractivity contribution in [2.75, 3.05) is 0 Å². The molecule has 0 aliphatic carbocycles. The van der Waals surface area contributed by atoms with Gasteiger partial charge in [0.1, 0.15) is 6.54 Å². The highest BCUT2D eigenvalue weighted by Gasteiger charge is 2.28. The second kappa shape index (κ2) is 5.91. The molecule has 0 atom stereocenters. The highest BCUT2D eigenvalue weighted by Crippen LogP contribution is 2.29. The summed E-state index contributed by atoms with van der Waals surface area (Å²) in [4.78, 5) is 35.4. The first kappa shape index (κ1) is 15.9. The van der Waals surface area contributed by atoms with Gasteiger partial charge in [0.2, 0.25) is 5.82 Å². The summed E-state index contributed by atoms with van der Waals surface area (Å²) in [7, 11) is 0. The van der Waals surface area contributed by atoms with Crippen molar-refractivity contribution < 1.29 is 19.2 Å². The number of carbonyl (C=O) groups excluding carboxylic acids is 1. The van der Waals surface area contributed by atoms with Crippen LogP contribution in [0.15, 0.2) is 16.8 Å². The molecule has 3 heterocycles. The summed E-state index contributed by atoms with van der Waals surface area (Å²) in [5.41, 5.74) is -0.0597. The van der Waals surface area contributed by atoms with E-state index >= 15 is 0 Å². The molecule has 128 valence electrons. The van der Waals surface area contributed by atoms with Gasteiger partial charge >= 0.3 is 11.6 Å². The van der Waals surface area contributed by atoms with Crippen LogP contribution in [0.5, 0.6) is 0 Å². The molecular weight excluding hydrogens is 340 g/mol. The van der Waals surface area contributed by atoms with Gasteiger partial charge in [-0.2, -0.15) is 9.67 Å². The molecule has 0 amide bonds. The lowest BCUT2D eigenvalue weighted by Gasteiger charge is -1.88. The molecule has 0 saturated heterocycles. The number of rotatable bonds is 6. The van der Waals surface area contributed by atoms with E-state index in [1.807, 2.05) is 0 Å². The summed E-state index contributed by atoms with van der Waals surface area (Å²) in [6.45, 7) is 1.15. The van der Waals surface area contributed by atoms with Crippen molar-refractivity contribution in [2.24, 2.45) is 0 Å². The number of nitro groups is 2. The van der Waals surface area contributed by atoms with Crippen LogP contribution in [-0.2, 0) is 11.3 Å². The number of aromatic nitrogens is 6. The van der Waals surface area contributed by atoms with Gasteiger partial charge in [-0.3, -0.25) is 4.79 Å². The number of ketones is 1. The molecule has 0 aromatic carbocycles. The summed E-state index contributed by atoms with van der Waals surface area (Å²) in [5.74, 6) is -1.53. The fourth-order valence-corrected chi connectivity index (χ4v) is 1.96. The molecule has 3 aromatic rings. The third-order valence-corrected chi connectivity index (χ3v) is 2.95. The van der Waals surface area contributed by atoms with Gasteiger partial charge in [-0.15, -0.1) is 5.10 Å². The third kappa shape index (κ3) is 3.07. The maximum absolute atomic E-state index is 11.1. The van der Waals surface area contributed by atoms with Gasteiger partial charge in [-0.25, -0.2) is 0 Å². The molecule has 3 aromatic heterocycles. The molecule has 0 spiro atoms. The Bertz CT molecular complexity index is 985. The number of nitrogens with zero attached hydrogens (tertiary/aromatic N) is 7. The Morgan fingerprint density at radius 1 is 1.36 bits per heavy atom. The summed E-state index contributed by atoms with van der Waals surface area (Å²) in [6.07, 6.45) is 1.23. The van der Waals surface area contributed by atoms with Crippen molar-refractivity contribution in [3.63, 3.8) is 0 Å². The third-order valence-electron chi connectivity index (χ3n) is 2.95. The van der Waals surface area contributed by atoms with E-state index < -0.39 is 15.7 Å². The smallest absolute Gasteiger partial charge is 0.358 e. The van der Waals surface area contributed by atoms with Gasteiger partial charge in [0.05, 0.1) is 17.4 Å². The van der Waals surface area contributed by atoms with Gasteiger partial charge < -0.3 is 24.8 Å². The lowest BCUT2D eigenvalue weighted by Crippen LogP contribution is -2.06. The molecule has 0 aliphatic rings. The Hall–Kier alpha value is -3.97. The van der Waals surface area contributed by atoms with Gasteiger partial charge in [0, 0.05) is 0 Å². The standard InChI is InChI=1S/C11H8N8O6/c1-5(20)3-17-4-6(10(15-17)19(23)24)11-12-9(16-25-11)7-2-8(14-13-7)18(21)22/h2,4H,3H2,1H3,(H,13,14). The molecule has 0 fully saturated rings. The predicted octanol–water partition coefficient (Wildman–Crippen LogP) is 0.729. The minimum Gasteiger partial charge on any atom is -0.358 e. The van der Waals surface area contributed by atoms with E-state index in [0.717, 1.165) is 10.7 Å². The first-order valence-corrected chi connectivity index (χ1v) is 6.60. The highest BCUT2D eigenvalue weighted by molar-refractivity contribution is 5.75. The first-order valence-electron chi connectivity index (χ1n) is 6.60. The van der Waals surface area contributed by atoms with Crippen LogP contribution in [0.4, 0.5) is 11.6 Å². The molecule has 25 heavy (non-hydrogen) atoms. The fraction of sp³-hybridized carbons (Fsp3) is 0.182.